The third-order valence-corrected chi connectivity index (χ3v) is 1.99. The van der Waals surface area contributed by atoms with Crippen LogP contribution in [-0.4, -0.2) is 43.3 Å². The van der Waals surface area contributed by atoms with Crippen molar-refractivity contribution in [2.24, 2.45) is 0 Å². The third-order valence-electron chi connectivity index (χ3n) is 1.99. The molecular weight excluding hydrogens is 201 g/mol. The summed E-state index contributed by atoms with van der Waals surface area (Å²) in [4.78, 5) is 0. The summed E-state index contributed by atoms with van der Waals surface area (Å²) in [6.45, 7) is 0.926. The minimum Gasteiger partial charge on any atom is -0.390 e. The van der Waals surface area contributed by atoms with E-state index in [0.717, 1.165) is 0 Å². The smallest absolute Gasteiger partial charge is 0.389 e. The fraction of sp³-hybridized carbons (Fsp3) is 1.00. The van der Waals surface area contributed by atoms with Crippen molar-refractivity contribution in [1.29, 1.82) is 0 Å². The summed E-state index contributed by atoms with van der Waals surface area (Å²) in [5.74, 6) is 0. The van der Waals surface area contributed by atoms with Gasteiger partial charge in [-0.2, -0.15) is 13.2 Å². The monoisotopic (exact) mass is 214 g/mol. The summed E-state index contributed by atoms with van der Waals surface area (Å²) in [5.41, 5.74) is 0. The highest BCUT2D eigenvalue weighted by Gasteiger charge is 2.31. The van der Waals surface area contributed by atoms with Gasteiger partial charge in [0, 0.05) is 6.42 Å². The fourth-order valence-electron chi connectivity index (χ4n) is 1.23. The van der Waals surface area contributed by atoms with Gasteiger partial charge in [0.2, 0.25) is 0 Å². The molecule has 0 aromatic heterocycles. The maximum atomic E-state index is 11.8. The topological polar surface area (TPSA) is 38.7 Å². The standard InChI is InChI=1S/C8H13F3O3/c9-8(10,11)2-1-6(12)7-5-13-3-4-14-7/h6-7,12H,1-5H2. The van der Waals surface area contributed by atoms with Gasteiger partial charge in [-0.05, 0) is 6.42 Å². The Labute approximate surface area is 79.8 Å². The van der Waals surface area contributed by atoms with E-state index in [2.05, 4.69) is 0 Å². The van der Waals surface area contributed by atoms with Gasteiger partial charge in [-0.15, -0.1) is 0 Å². The van der Waals surface area contributed by atoms with E-state index in [9.17, 15) is 18.3 Å². The first-order valence-corrected chi connectivity index (χ1v) is 4.43. The zero-order chi connectivity index (χ0) is 10.6. The number of aliphatic hydroxyl groups is 1. The number of aliphatic hydroxyl groups excluding tert-OH is 1. The first-order valence-electron chi connectivity index (χ1n) is 4.43. The van der Waals surface area contributed by atoms with E-state index in [4.69, 9.17) is 9.47 Å². The minimum atomic E-state index is -4.23. The Hall–Kier alpha value is -0.330. The lowest BCUT2D eigenvalue weighted by Crippen LogP contribution is -2.38. The molecule has 14 heavy (non-hydrogen) atoms. The lowest BCUT2D eigenvalue weighted by Gasteiger charge is -2.27. The van der Waals surface area contributed by atoms with Crippen molar-refractivity contribution in [2.75, 3.05) is 19.8 Å². The van der Waals surface area contributed by atoms with Crippen LogP contribution in [0.4, 0.5) is 13.2 Å². The van der Waals surface area contributed by atoms with E-state index in [1.807, 2.05) is 0 Å². The highest BCUT2D eigenvalue weighted by atomic mass is 19.4. The second-order valence-corrected chi connectivity index (χ2v) is 3.21. The number of halogens is 3. The molecule has 0 amide bonds. The molecule has 1 rings (SSSR count). The first-order chi connectivity index (χ1) is 6.49. The second-order valence-electron chi connectivity index (χ2n) is 3.21. The van der Waals surface area contributed by atoms with E-state index >= 15 is 0 Å². The highest BCUT2D eigenvalue weighted by molar-refractivity contribution is 4.72. The molecule has 1 aliphatic rings. The van der Waals surface area contributed by atoms with Crippen LogP contribution in [0.2, 0.25) is 0 Å². The average molecular weight is 214 g/mol. The van der Waals surface area contributed by atoms with E-state index in [0.29, 0.717) is 13.2 Å². The summed E-state index contributed by atoms with van der Waals surface area (Å²) in [6, 6.07) is 0. The Kier molecular flexibility index (Phi) is 4.15. The number of hydrogen-bond acceptors (Lipinski definition) is 3. The maximum Gasteiger partial charge on any atom is 0.389 e. The quantitative estimate of drug-likeness (QED) is 0.764. The van der Waals surface area contributed by atoms with E-state index in [1.54, 1.807) is 0 Å². The SMILES string of the molecule is OC(CCC(F)(F)F)C1COCCO1. The van der Waals surface area contributed by atoms with Crippen molar-refractivity contribution in [3.05, 3.63) is 0 Å². The summed E-state index contributed by atoms with van der Waals surface area (Å²) in [7, 11) is 0. The van der Waals surface area contributed by atoms with Gasteiger partial charge >= 0.3 is 6.18 Å². The Bertz CT molecular complexity index is 166. The Morgan fingerprint density at radius 2 is 2.07 bits per heavy atom. The van der Waals surface area contributed by atoms with Crippen LogP contribution < -0.4 is 0 Å². The van der Waals surface area contributed by atoms with Gasteiger partial charge in [-0.25, -0.2) is 0 Å². The highest BCUT2D eigenvalue weighted by Crippen LogP contribution is 2.23. The second kappa shape index (κ2) is 4.95. The van der Waals surface area contributed by atoms with Gasteiger partial charge in [0.1, 0.15) is 6.10 Å². The fourth-order valence-corrected chi connectivity index (χ4v) is 1.23. The van der Waals surface area contributed by atoms with Crippen LogP contribution in [0.15, 0.2) is 0 Å². The van der Waals surface area contributed by atoms with Crippen molar-refractivity contribution < 1.29 is 27.8 Å². The van der Waals surface area contributed by atoms with Crippen molar-refractivity contribution >= 4 is 0 Å². The molecular formula is C8H13F3O3. The van der Waals surface area contributed by atoms with Crippen LogP contribution in [0.25, 0.3) is 0 Å². The van der Waals surface area contributed by atoms with E-state index in [1.165, 1.54) is 0 Å². The van der Waals surface area contributed by atoms with Crippen LogP contribution in [0, 0.1) is 0 Å². The molecule has 0 aliphatic carbocycles. The van der Waals surface area contributed by atoms with Crippen molar-refractivity contribution in [3.8, 4) is 0 Å². The van der Waals surface area contributed by atoms with Crippen LogP contribution in [0.5, 0.6) is 0 Å². The van der Waals surface area contributed by atoms with E-state index in [-0.39, 0.29) is 13.0 Å². The molecule has 1 aliphatic heterocycles. The number of hydrogen-bond donors (Lipinski definition) is 1. The van der Waals surface area contributed by atoms with Crippen LogP contribution in [0.3, 0.4) is 0 Å². The molecule has 0 radical (unpaired) electrons. The lowest BCUT2D eigenvalue weighted by atomic mass is 10.1. The molecule has 6 heteroatoms. The molecule has 0 bridgehead atoms. The molecule has 2 atom stereocenters. The summed E-state index contributed by atoms with van der Waals surface area (Å²) in [5, 5.41) is 9.33. The van der Waals surface area contributed by atoms with Gasteiger partial charge in [0.05, 0.1) is 25.9 Å². The average Bonchev–Trinajstić information content (AvgIpc) is 2.14. The Morgan fingerprint density at radius 3 is 2.57 bits per heavy atom. The molecule has 3 nitrogen and oxygen atoms in total. The molecule has 0 aromatic rings. The van der Waals surface area contributed by atoms with Gasteiger partial charge in [-0.3, -0.25) is 0 Å². The molecule has 1 heterocycles. The Morgan fingerprint density at radius 1 is 1.36 bits per heavy atom. The molecule has 84 valence electrons. The lowest BCUT2D eigenvalue weighted by molar-refractivity contribution is -0.160. The Balaban J connectivity index is 2.23. The summed E-state index contributed by atoms with van der Waals surface area (Å²) < 4.78 is 45.4. The van der Waals surface area contributed by atoms with Gasteiger partial charge in [-0.1, -0.05) is 0 Å². The minimum absolute atomic E-state index is 0.166. The maximum absolute atomic E-state index is 11.8. The zero-order valence-electron chi connectivity index (χ0n) is 7.59. The van der Waals surface area contributed by atoms with Crippen molar-refractivity contribution in [2.45, 2.75) is 31.2 Å². The molecule has 0 saturated carbocycles. The summed E-state index contributed by atoms with van der Waals surface area (Å²) >= 11 is 0. The first kappa shape index (κ1) is 11.7. The predicted octanol–water partition coefficient (Wildman–Crippen LogP) is 1.11. The molecule has 1 saturated heterocycles. The van der Waals surface area contributed by atoms with Crippen LogP contribution in [0.1, 0.15) is 12.8 Å². The van der Waals surface area contributed by atoms with Crippen LogP contribution in [-0.2, 0) is 9.47 Å². The molecule has 1 fully saturated rings. The molecule has 1 N–H and O–H groups in total. The van der Waals surface area contributed by atoms with Crippen LogP contribution >= 0.6 is 0 Å². The molecule has 0 spiro atoms. The number of ether oxygens (including phenoxy) is 2. The van der Waals surface area contributed by atoms with Crippen molar-refractivity contribution in [1.82, 2.24) is 0 Å². The third kappa shape index (κ3) is 4.26. The van der Waals surface area contributed by atoms with Gasteiger partial charge in [0.25, 0.3) is 0 Å². The molecule has 2 unspecified atom stereocenters. The normalized spacial score (nSPS) is 26.1. The number of rotatable bonds is 3. The largest absolute Gasteiger partial charge is 0.390 e. The van der Waals surface area contributed by atoms with Gasteiger partial charge in [0.15, 0.2) is 0 Å². The van der Waals surface area contributed by atoms with Crippen molar-refractivity contribution in [3.63, 3.8) is 0 Å². The molecule has 0 aromatic carbocycles. The predicted molar refractivity (Wildman–Crippen MR) is 41.9 cm³/mol. The van der Waals surface area contributed by atoms with E-state index < -0.39 is 24.8 Å². The summed E-state index contributed by atoms with van der Waals surface area (Å²) in [6.07, 6.45) is -7.27. The van der Waals surface area contributed by atoms with Gasteiger partial charge < -0.3 is 14.6 Å². The zero-order valence-corrected chi connectivity index (χ0v) is 7.59. The number of alkyl halides is 3.